The fraction of sp³-hybridized carbons (Fsp3) is 0.120. The lowest BCUT2D eigenvalue weighted by atomic mass is 10.1. The first-order valence-electron chi connectivity index (χ1n) is 10.3. The van der Waals surface area contributed by atoms with Crippen LogP contribution in [0, 0.1) is 30.8 Å². The Morgan fingerprint density at radius 1 is 1.20 bits per heavy atom. The van der Waals surface area contributed by atoms with Crippen molar-refractivity contribution < 1.29 is 23.6 Å². The number of nitrogens with zero attached hydrogens (tertiary/aromatic N) is 2. The maximum Gasteiger partial charge on any atom is 0.271 e. The lowest BCUT2D eigenvalue weighted by molar-refractivity contribution is -0.384. The van der Waals surface area contributed by atoms with Crippen molar-refractivity contribution in [2.24, 2.45) is 0 Å². The Morgan fingerprint density at radius 2 is 1.97 bits per heavy atom. The highest BCUT2D eigenvalue weighted by Crippen LogP contribution is 2.35. The Bertz CT molecular complexity index is 1340. The molecule has 178 valence electrons. The van der Waals surface area contributed by atoms with Gasteiger partial charge in [-0.3, -0.25) is 14.9 Å². The van der Waals surface area contributed by atoms with Crippen LogP contribution in [0.1, 0.15) is 18.1 Å². The summed E-state index contributed by atoms with van der Waals surface area (Å²) < 4.78 is 25.7. The van der Waals surface area contributed by atoms with Gasteiger partial charge in [0.05, 0.1) is 15.1 Å². The van der Waals surface area contributed by atoms with E-state index in [0.29, 0.717) is 32.8 Å². The molecule has 3 aromatic rings. The fourth-order valence-electron chi connectivity index (χ4n) is 3.07. The molecule has 0 heterocycles. The summed E-state index contributed by atoms with van der Waals surface area (Å²) in [5.41, 5.74) is 0.966. The van der Waals surface area contributed by atoms with Gasteiger partial charge in [0, 0.05) is 17.8 Å². The van der Waals surface area contributed by atoms with Gasteiger partial charge >= 0.3 is 0 Å². The van der Waals surface area contributed by atoms with Crippen molar-refractivity contribution in [3.63, 3.8) is 0 Å². The maximum atomic E-state index is 13.5. The standard InChI is InChI=1S/C25H19FIN3O5/c1-2-34-23-12-17(11-22(27)24(23)35-15-16-5-3-6-19(26)10-16)9-18(14-28)25(31)29-20-7-4-8-21(13-20)30(32)33/h3-13H,2,15H2,1H3,(H,29,31)/b18-9+. The van der Waals surface area contributed by atoms with Gasteiger partial charge in [-0.2, -0.15) is 5.26 Å². The molecule has 0 radical (unpaired) electrons. The highest BCUT2D eigenvalue weighted by atomic mass is 127. The zero-order chi connectivity index (χ0) is 25.4. The van der Waals surface area contributed by atoms with Crippen LogP contribution in [0.15, 0.2) is 66.2 Å². The average Bonchev–Trinajstić information content (AvgIpc) is 2.82. The number of nitrogens with one attached hydrogen (secondary N) is 1. The molecule has 0 saturated heterocycles. The molecule has 0 saturated carbocycles. The monoisotopic (exact) mass is 587 g/mol. The topological polar surface area (TPSA) is 114 Å². The van der Waals surface area contributed by atoms with Crippen molar-refractivity contribution >= 4 is 45.9 Å². The Labute approximate surface area is 214 Å². The second-order valence-corrected chi connectivity index (χ2v) is 8.28. The van der Waals surface area contributed by atoms with Gasteiger partial charge in [-0.15, -0.1) is 0 Å². The SMILES string of the molecule is CCOc1cc(/C=C(\C#N)C(=O)Nc2cccc([N+](=O)[O-])c2)cc(I)c1OCc1cccc(F)c1. The number of nitro benzene ring substituents is 1. The van der Waals surface area contributed by atoms with E-state index in [4.69, 9.17) is 9.47 Å². The summed E-state index contributed by atoms with van der Waals surface area (Å²) in [5, 5.41) is 23.0. The molecule has 3 aromatic carbocycles. The number of nitro groups is 1. The van der Waals surface area contributed by atoms with Crippen LogP contribution >= 0.6 is 22.6 Å². The number of non-ortho nitro benzene ring substituents is 1. The molecule has 0 aliphatic heterocycles. The molecule has 8 nitrogen and oxygen atoms in total. The molecule has 3 rings (SSSR count). The predicted octanol–water partition coefficient (Wildman–Crippen LogP) is 5.86. The summed E-state index contributed by atoms with van der Waals surface area (Å²) in [6, 6.07) is 16.7. The second kappa shape index (κ2) is 11.9. The molecular weight excluding hydrogens is 568 g/mol. The number of amides is 1. The molecule has 0 aromatic heterocycles. The van der Waals surface area contributed by atoms with Gasteiger partial charge in [0.25, 0.3) is 11.6 Å². The largest absolute Gasteiger partial charge is 0.490 e. The van der Waals surface area contributed by atoms with E-state index in [2.05, 4.69) is 5.32 Å². The maximum absolute atomic E-state index is 13.5. The molecule has 0 aliphatic rings. The Balaban J connectivity index is 1.85. The molecule has 0 spiro atoms. The minimum absolute atomic E-state index is 0.123. The summed E-state index contributed by atoms with van der Waals surface area (Å²) in [4.78, 5) is 23.0. The summed E-state index contributed by atoms with van der Waals surface area (Å²) >= 11 is 2.05. The number of anilines is 1. The normalized spacial score (nSPS) is 10.9. The number of hydrogen-bond donors (Lipinski definition) is 1. The Kier molecular flexibility index (Phi) is 8.74. The van der Waals surface area contributed by atoms with E-state index in [1.807, 2.05) is 28.7 Å². The van der Waals surface area contributed by atoms with Crippen molar-refractivity contribution in [2.75, 3.05) is 11.9 Å². The highest BCUT2D eigenvalue weighted by Gasteiger charge is 2.16. The van der Waals surface area contributed by atoms with Crippen LogP contribution in [-0.2, 0) is 11.4 Å². The summed E-state index contributed by atoms with van der Waals surface area (Å²) in [5.74, 6) is -0.224. The van der Waals surface area contributed by atoms with Gasteiger partial charge in [-0.05, 0) is 77.0 Å². The summed E-state index contributed by atoms with van der Waals surface area (Å²) in [6.45, 7) is 2.27. The molecule has 10 heteroatoms. The molecule has 1 N–H and O–H groups in total. The lowest BCUT2D eigenvalue weighted by Crippen LogP contribution is -2.13. The number of halogens is 2. The Morgan fingerprint density at radius 3 is 2.66 bits per heavy atom. The molecular formula is C25H19FIN3O5. The van der Waals surface area contributed by atoms with Gasteiger partial charge in [0.2, 0.25) is 0 Å². The zero-order valence-electron chi connectivity index (χ0n) is 18.5. The first kappa shape index (κ1) is 25.6. The van der Waals surface area contributed by atoms with Crippen LogP contribution in [-0.4, -0.2) is 17.4 Å². The van der Waals surface area contributed by atoms with Crippen molar-refractivity contribution in [3.8, 4) is 17.6 Å². The third-order valence-electron chi connectivity index (χ3n) is 4.59. The van der Waals surface area contributed by atoms with Crippen LogP contribution < -0.4 is 14.8 Å². The van der Waals surface area contributed by atoms with Gasteiger partial charge in [-0.1, -0.05) is 18.2 Å². The van der Waals surface area contributed by atoms with E-state index < -0.39 is 10.8 Å². The third-order valence-corrected chi connectivity index (χ3v) is 5.40. The van der Waals surface area contributed by atoms with E-state index in [1.165, 1.54) is 42.5 Å². The van der Waals surface area contributed by atoms with Crippen molar-refractivity contribution in [1.82, 2.24) is 0 Å². The van der Waals surface area contributed by atoms with Crippen molar-refractivity contribution in [2.45, 2.75) is 13.5 Å². The fourth-order valence-corrected chi connectivity index (χ4v) is 3.85. The minimum atomic E-state index is -0.715. The first-order chi connectivity index (χ1) is 16.8. The molecule has 0 bridgehead atoms. The van der Waals surface area contributed by atoms with Crippen LogP contribution in [0.3, 0.4) is 0 Å². The van der Waals surface area contributed by atoms with E-state index in [-0.39, 0.29) is 29.4 Å². The van der Waals surface area contributed by atoms with Crippen LogP contribution in [0.2, 0.25) is 0 Å². The van der Waals surface area contributed by atoms with Crippen molar-refractivity contribution in [3.05, 3.63) is 96.9 Å². The molecule has 0 unspecified atom stereocenters. The van der Waals surface area contributed by atoms with Crippen LogP contribution in [0.25, 0.3) is 6.08 Å². The molecule has 0 aliphatic carbocycles. The average molecular weight is 587 g/mol. The van der Waals surface area contributed by atoms with Gasteiger partial charge in [-0.25, -0.2) is 4.39 Å². The van der Waals surface area contributed by atoms with E-state index in [0.717, 1.165) is 0 Å². The van der Waals surface area contributed by atoms with E-state index in [9.17, 15) is 24.6 Å². The number of carbonyl (C=O) groups is 1. The quantitative estimate of drug-likeness (QED) is 0.110. The Hall–Kier alpha value is -3.98. The number of nitriles is 1. The summed E-state index contributed by atoms with van der Waals surface area (Å²) in [7, 11) is 0. The van der Waals surface area contributed by atoms with Gasteiger partial charge < -0.3 is 14.8 Å². The lowest BCUT2D eigenvalue weighted by Gasteiger charge is -2.15. The smallest absolute Gasteiger partial charge is 0.271 e. The summed E-state index contributed by atoms with van der Waals surface area (Å²) in [6.07, 6.45) is 1.38. The third kappa shape index (κ3) is 7.00. The predicted molar refractivity (Wildman–Crippen MR) is 136 cm³/mol. The number of carbonyl (C=O) groups excluding carboxylic acids is 1. The first-order valence-corrected chi connectivity index (χ1v) is 11.4. The molecule has 0 fully saturated rings. The number of rotatable bonds is 9. The van der Waals surface area contributed by atoms with Gasteiger partial charge in [0.15, 0.2) is 11.5 Å². The van der Waals surface area contributed by atoms with E-state index >= 15 is 0 Å². The number of benzene rings is 3. The van der Waals surface area contributed by atoms with Crippen molar-refractivity contribution in [1.29, 1.82) is 5.26 Å². The van der Waals surface area contributed by atoms with Crippen LogP contribution in [0.5, 0.6) is 11.5 Å². The molecule has 1 amide bonds. The minimum Gasteiger partial charge on any atom is -0.490 e. The highest BCUT2D eigenvalue weighted by molar-refractivity contribution is 14.1. The van der Waals surface area contributed by atoms with Crippen LogP contribution in [0.4, 0.5) is 15.8 Å². The zero-order valence-corrected chi connectivity index (χ0v) is 20.6. The molecule has 0 atom stereocenters. The second-order valence-electron chi connectivity index (χ2n) is 7.11. The van der Waals surface area contributed by atoms with E-state index in [1.54, 1.807) is 31.2 Å². The number of hydrogen-bond acceptors (Lipinski definition) is 6. The molecule has 35 heavy (non-hydrogen) atoms. The number of ether oxygens (including phenoxy) is 2. The van der Waals surface area contributed by atoms with Gasteiger partial charge in [0.1, 0.15) is 24.1 Å².